The Hall–Kier alpha value is -2.76. The number of rotatable bonds is 7. The number of likely N-dealkylation sites (N-methyl/N-ethyl adjacent to an activating group) is 1. The average molecular weight is 297 g/mol. The number of pyridine rings is 1. The van der Waals surface area contributed by atoms with E-state index in [1.54, 1.807) is 30.6 Å². The molecule has 0 bridgehead atoms. The smallest absolute Gasteiger partial charge is 0.272 e. The van der Waals surface area contributed by atoms with Gasteiger partial charge in [-0.2, -0.15) is 0 Å². The van der Waals surface area contributed by atoms with E-state index in [4.69, 9.17) is 0 Å². The Bertz CT molecular complexity index is 612. The van der Waals surface area contributed by atoms with Crippen LogP contribution in [0.25, 0.3) is 0 Å². The minimum atomic E-state index is -0.251. The van der Waals surface area contributed by atoms with Crippen molar-refractivity contribution in [1.82, 2.24) is 20.5 Å². The summed E-state index contributed by atoms with van der Waals surface area (Å²) in [6, 6.07) is 7.45. The third-order valence-electron chi connectivity index (χ3n) is 3.17. The lowest BCUT2D eigenvalue weighted by Crippen LogP contribution is -2.26. The number of nitrogens with zero attached hydrogens (tertiary/aromatic N) is 4. The second kappa shape index (κ2) is 7.87. The molecule has 0 aliphatic rings. The topological polar surface area (TPSA) is 71.0 Å². The summed E-state index contributed by atoms with van der Waals surface area (Å²) in [6.45, 7) is 4.76. The first-order valence-electron chi connectivity index (χ1n) is 7.03. The molecule has 2 rings (SSSR count). The largest absolute Gasteiger partial charge is 0.358 e. The molecule has 1 N–H and O–H groups in total. The zero-order valence-corrected chi connectivity index (χ0v) is 12.6. The quantitative estimate of drug-likeness (QED) is 0.784. The molecule has 0 saturated heterocycles. The number of carbonyl (C=O) groups is 1. The van der Waals surface area contributed by atoms with Crippen LogP contribution in [0.5, 0.6) is 0 Å². The number of hydrogen-bond acceptors (Lipinski definition) is 5. The van der Waals surface area contributed by atoms with E-state index in [-0.39, 0.29) is 5.91 Å². The summed E-state index contributed by atoms with van der Waals surface area (Å²) in [5.74, 6) is 0.479. The van der Waals surface area contributed by atoms with Crippen molar-refractivity contribution in [3.05, 3.63) is 60.6 Å². The van der Waals surface area contributed by atoms with Crippen LogP contribution in [0, 0.1) is 0 Å². The van der Waals surface area contributed by atoms with Crippen LogP contribution in [-0.4, -0.2) is 41.2 Å². The SMILES string of the molecule is C=CCNC(=O)c1ccc(N(C)CCc2ccncc2)nn1. The van der Waals surface area contributed by atoms with Crippen molar-refractivity contribution in [2.24, 2.45) is 0 Å². The molecule has 22 heavy (non-hydrogen) atoms. The molecule has 0 atom stereocenters. The molecule has 1 amide bonds. The Balaban J connectivity index is 1.91. The summed E-state index contributed by atoms with van der Waals surface area (Å²) in [4.78, 5) is 17.7. The number of carbonyl (C=O) groups excluding carboxylic acids is 1. The van der Waals surface area contributed by atoms with Gasteiger partial charge < -0.3 is 10.2 Å². The molecule has 2 heterocycles. The van der Waals surface area contributed by atoms with Gasteiger partial charge in [0.25, 0.3) is 5.91 Å². The van der Waals surface area contributed by atoms with Gasteiger partial charge in [-0.05, 0) is 36.2 Å². The van der Waals surface area contributed by atoms with Gasteiger partial charge >= 0.3 is 0 Å². The third-order valence-corrected chi connectivity index (χ3v) is 3.17. The van der Waals surface area contributed by atoms with Gasteiger partial charge in [0.2, 0.25) is 0 Å². The van der Waals surface area contributed by atoms with Crippen LogP contribution in [0.1, 0.15) is 16.1 Å². The standard InChI is InChI=1S/C16H19N5O/c1-3-9-18-16(22)14-4-5-15(20-19-14)21(2)12-8-13-6-10-17-11-7-13/h3-7,10-11H,1,8-9,12H2,2H3,(H,18,22). The van der Waals surface area contributed by atoms with Crippen molar-refractivity contribution in [1.29, 1.82) is 0 Å². The Kier molecular flexibility index (Phi) is 5.59. The number of nitrogens with one attached hydrogen (secondary N) is 1. The van der Waals surface area contributed by atoms with E-state index in [0.29, 0.717) is 12.2 Å². The van der Waals surface area contributed by atoms with Crippen molar-refractivity contribution in [2.45, 2.75) is 6.42 Å². The lowest BCUT2D eigenvalue weighted by Gasteiger charge is -2.17. The highest BCUT2D eigenvalue weighted by molar-refractivity contribution is 5.92. The monoisotopic (exact) mass is 297 g/mol. The van der Waals surface area contributed by atoms with Gasteiger partial charge in [0, 0.05) is 32.5 Å². The zero-order valence-electron chi connectivity index (χ0n) is 12.6. The Morgan fingerprint density at radius 1 is 1.27 bits per heavy atom. The third kappa shape index (κ3) is 4.37. The molecule has 2 aromatic rings. The predicted molar refractivity (Wildman–Crippen MR) is 85.8 cm³/mol. The first kappa shape index (κ1) is 15.6. The molecule has 0 aliphatic carbocycles. The number of aromatic nitrogens is 3. The first-order chi connectivity index (χ1) is 10.7. The van der Waals surface area contributed by atoms with Crippen LogP contribution >= 0.6 is 0 Å². The normalized spacial score (nSPS) is 10.0. The molecule has 6 nitrogen and oxygen atoms in total. The number of amides is 1. The van der Waals surface area contributed by atoms with Crippen molar-refractivity contribution >= 4 is 11.7 Å². The molecule has 0 aliphatic heterocycles. The van der Waals surface area contributed by atoms with E-state index in [9.17, 15) is 4.79 Å². The minimum Gasteiger partial charge on any atom is -0.358 e. The van der Waals surface area contributed by atoms with Crippen LogP contribution in [-0.2, 0) is 6.42 Å². The highest BCUT2D eigenvalue weighted by atomic mass is 16.1. The van der Waals surface area contributed by atoms with Gasteiger partial charge in [0.05, 0.1) is 0 Å². The van der Waals surface area contributed by atoms with Gasteiger partial charge in [0.15, 0.2) is 11.5 Å². The van der Waals surface area contributed by atoms with Crippen molar-refractivity contribution < 1.29 is 4.79 Å². The summed E-state index contributed by atoms with van der Waals surface area (Å²) in [6.07, 6.45) is 6.08. The van der Waals surface area contributed by atoms with Crippen LogP contribution < -0.4 is 10.2 Å². The summed E-state index contributed by atoms with van der Waals surface area (Å²) in [5.41, 5.74) is 1.52. The maximum absolute atomic E-state index is 11.7. The summed E-state index contributed by atoms with van der Waals surface area (Å²) in [7, 11) is 1.95. The number of anilines is 1. The van der Waals surface area contributed by atoms with Crippen LogP contribution in [0.4, 0.5) is 5.82 Å². The van der Waals surface area contributed by atoms with Crippen molar-refractivity contribution in [2.75, 3.05) is 25.0 Å². The highest BCUT2D eigenvalue weighted by Gasteiger charge is 2.09. The molecular formula is C16H19N5O. The van der Waals surface area contributed by atoms with E-state index < -0.39 is 0 Å². The molecule has 114 valence electrons. The molecule has 6 heteroatoms. The first-order valence-corrected chi connectivity index (χ1v) is 7.03. The number of hydrogen-bond donors (Lipinski definition) is 1. The van der Waals surface area contributed by atoms with E-state index in [0.717, 1.165) is 18.8 Å². The van der Waals surface area contributed by atoms with Crippen molar-refractivity contribution in [3.63, 3.8) is 0 Å². The fourth-order valence-corrected chi connectivity index (χ4v) is 1.87. The maximum atomic E-state index is 11.7. The molecule has 0 spiro atoms. The average Bonchev–Trinajstić information content (AvgIpc) is 2.58. The molecule has 0 unspecified atom stereocenters. The zero-order chi connectivity index (χ0) is 15.8. The van der Waals surface area contributed by atoms with E-state index in [2.05, 4.69) is 27.1 Å². The molecule has 0 saturated carbocycles. The molecule has 0 fully saturated rings. The lowest BCUT2D eigenvalue weighted by molar-refractivity contribution is 0.0952. The Morgan fingerprint density at radius 3 is 2.68 bits per heavy atom. The van der Waals surface area contributed by atoms with Gasteiger partial charge in [-0.25, -0.2) is 0 Å². The van der Waals surface area contributed by atoms with Gasteiger partial charge in [0.1, 0.15) is 0 Å². The molecule has 0 aromatic carbocycles. The predicted octanol–water partition coefficient (Wildman–Crippen LogP) is 1.47. The lowest BCUT2D eigenvalue weighted by atomic mass is 10.2. The molecular weight excluding hydrogens is 278 g/mol. The fourth-order valence-electron chi connectivity index (χ4n) is 1.87. The van der Waals surface area contributed by atoms with E-state index in [1.165, 1.54) is 5.56 Å². The second-order valence-electron chi connectivity index (χ2n) is 4.80. The van der Waals surface area contributed by atoms with Crippen LogP contribution in [0.15, 0.2) is 49.3 Å². The highest BCUT2D eigenvalue weighted by Crippen LogP contribution is 2.09. The summed E-state index contributed by atoms with van der Waals surface area (Å²) in [5, 5.41) is 10.7. The maximum Gasteiger partial charge on any atom is 0.272 e. The van der Waals surface area contributed by atoms with E-state index >= 15 is 0 Å². The fraction of sp³-hybridized carbons (Fsp3) is 0.250. The van der Waals surface area contributed by atoms with Gasteiger partial charge in [-0.3, -0.25) is 9.78 Å². The Morgan fingerprint density at radius 2 is 2.05 bits per heavy atom. The van der Waals surface area contributed by atoms with Crippen molar-refractivity contribution in [3.8, 4) is 0 Å². The van der Waals surface area contributed by atoms with Crippen LogP contribution in [0.2, 0.25) is 0 Å². The molecule has 0 radical (unpaired) electrons. The molecule has 2 aromatic heterocycles. The summed E-state index contributed by atoms with van der Waals surface area (Å²) >= 11 is 0. The minimum absolute atomic E-state index is 0.251. The van der Waals surface area contributed by atoms with Gasteiger partial charge in [-0.15, -0.1) is 16.8 Å². The van der Waals surface area contributed by atoms with Gasteiger partial charge in [-0.1, -0.05) is 6.08 Å². The van der Waals surface area contributed by atoms with E-state index in [1.807, 2.05) is 24.1 Å². The Labute approximate surface area is 129 Å². The second-order valence-corrected chi connectivity index (χ2v) is 4.80. The van der Waals surface area contributed by atoms with Crippen LogP contribution in [0.3, 0.4) is 0 Å². The summed E-state index contributed by atoms with van der Waals surface area (Å²) < 4.78 is 0.